The minimum atomic E-state index is -0.457. The number of anilines is 1. The third-order valence-corrected chi connectivity index (χ3v) is 2.79. The summed E-state index contributed by atoms with van der Waals surface area (Å²) in [4.78, 5) is 10.5. The van der Waals surface area contributed by atoms with Crippen LogP contribution in [0.1, 0.15) is 19.8 Å². The first kappa shape index (κ1) is 17.2. The second kappa shape index (κ2) is 9.15. The summed E-state index contributed by atoms with van der Waals surface area (Å²) in [5, 5.41) is 23.1. The van der Waals surface area contributed by atoms with Crippen LogP contribution in [0.5, 0.6) is 5.75 Å². The van der Waals surface area contributed by atoms with Gasteiger partial charge in [-0.2, -0.15) is 0 Å². The Labute approximate surface area is 124 Å². The highest BCUT2D eigenvalue weighted by Gasteiger charge is 2.14. The van der Waals surface area contributed by atoms with Crippen LogP contribution in [0.3, 0.4) is 0 Å². The van der Waals surface area contributed by atoms with Gasteiger partial charge in [-0.1, -0.05) is 6.92 Å². The van der Waals surface area contributed by atoms with E-state index in [4.69, 9.17) is 14.6 Å². The molecular weight excluding hydrogens is 276 g/mol. The number of nitrogens with zero attached hydrogens (tertiary/aromatic N) is 1. The molecule has 0 bridgehead atoms. The number of nitro groups is 1. The molecule has 118 valence electrons. The number of nitrogens with one attached hydrogen (secondary N) is 1. The van der Waals surface area contributed by atoms with Crippen molar-refractivity contribution in [2.24, 2.45) is 0 Å². The second-order valence-corrected chi connectivity index (χ2v) is 4.63. The van der Waals surface area contributed by atoms with E-state index in [1.807, 2.05) is 6.92 Å². The number of non-ortho nitro benzene ring substituents is 1. The van der Waals surface area contributed by atoms with Crippen LogP contribution in [-0.2, 0) is 4.74 Å². The van der Waals surface area contributed by atoms with Crippen molar-refractivity contribution >= 4 is 11.4 Å². The van der Waals surface area contributed by atoms with Gasteiger partial charge in [-0.25, -0.2) is 0 Å². The molecule has 2 N–H and O–H groups in total. The molecule has 0 aliphatic rings. The predicted molar refractivity (Wildman–Crippen MR) is 79.9 cm³/mol. The number of ether oxygens (including phenoxy) is 2. The minimum absolute atomic E-state index is 0.00907. The smallest absolute Gasteiger partial charge is 0.275 e. The quantitative estimate of drug-likeness (QED) is 0.508. The van der Waals surface area contributed by atoms with Gasteiger partial charge < -0.3 is 19.9 Å². The first-order valence-electron chi connectivity index (χ1n) is 6.89. The molecule has 7 heteroatoms. The first-order chi connectivity index (χ1) is 10.1. The largest absolute Gasteiger partial charge is 0.493 e. The Balaban J connectivity index is 2.92. The van der Waals surface area contributed by atoms with Gasteiger partial charge in [0.15, 0.2) is 0 Å². The maximum absolute atomic E-state index is 11.0. The Bertz CT molecular complexity index is 447. The summed E-state index contributed by atoms with van der Waals surface area (Å²) in [5.74, 6) is 0.453. The Morgan fingerprint density at radius 3 is 2.76 bits per heavy atom. The van der Waals surface area contributed by atoms with Crippen LogP contribution in [0.15, 0.2) is 18.2 Å². The second-order valence-electron chi connectivity index (χ2n) is 4.63. The van der Waals surface area contributed by atoms with E-state index < -0.39 is 4.92 Å². The number of methoxy groups -OCH3 is 1. The number of aliphatic hydroxyl groups excluding tert-OH is 1. The summed E-state index contributed by atoms with van der Waals surface area (Å²) in [6, 6.07) is 4.43. The van der Waals surface area contributed by atoms with Crippen molar-refractivity contribution in [3.05, 3.63) is 28.3 Å². The van der Waals surface area contributed by atoms with E-state index >= 15 is 0 Å². The molecule has 1 unspecified atom stereocenters. The van der Waals surface area contributed by atoms with E-state index in [1.165, 1.54) is 12.1 Å². The zero-order valence-corrected chi connectivity index (χ0v) is 12.4. The third-order valence-electron chi connectivity index (χ3n) is 2.79. The van der Waals surface area contributed by atoms with E-state index in [0.717, 1.165) is 6.42 Å². The lowest BCUT2D eigenvalue weighted by atomic mass is 10.2. The lowest BCUT2D eigenvalue weighted by Crippen LogP contribution is -2.26. The zero-order chi connectivity index (χ0) is 15.7. The summed E-state index contributed by atoms with van der Waals surface area (Å²) >= 11 is 0. The van der Waals surface area contributed by atoms with Gasteiger partial charge in [-0.3, -0.25) is 10.1 Å². The highest BCUT2D eigenvalue weighted by Crippen LogP contribution is 2.27. The van der Waals surface area contributed by atoms with Gasteiger partial charge in [0.1, 0.15) is 5.75 Å². The van der Waals surface area contributed by atoms with Crippen molar-refractivity contribution in [3.63, 3.8) is 0 Å². The molecule has 0 amide bonds. The molecule has 0 saturated heterocycles. The van der Waals surface area contributed by atoms with Crippen molar-refractivity contribution in [2.75, 3.05) is 32.2 Å². The lowest BCUT2D eigenvalue weighted by molar-refractivity contribution is -0.384. The first-order valence-corrected chi connectivity index (χ1v) is 6.89. The Hall–Kier alpha value is -1.86. The monoisotopic (exact) mass is 298 g/mol. The van der Waals surface area contributed by atoms with E-state index in [0.29, 0.717) is 31.1 Å². The third kappa shape index (κ3) is 5.97. The summed E-state index contributed by atoms with van der Waals surface area (Å²) in [5.41, 5.74) is 0.539. The Kier molecular flexibility index (Phi) is 7.49. The molecule has 0 aromatic heterocycles. The fourth-order valence-corrected chi connectivity index (χ4v) is 1.87. The van der Waals surface area contributed by atoms with Crippen molar-refractivity contribution in [1.82, 2.24) is 0 Å². The molecule has 0 aliphatic carbocycles. The zero-order valence-electron chi connectivity index (χ0n) is 12.4. The molecule has 0 heterocycles. The van der Waals surface area contributed by atoms with Gasteiger partial charge in [-0.05, 0) is 12.8 Å². The van der Waals surface area contributed by atoms with Gasteiger partial charge in [0.2, 0.25) is 0 Å². The molecule has 0 fully saturated rings. The highest BCUT2D eigenvalue weighted by molar-refractivity contribution is 5.56. The standard InChI is InChI=1S/C14H22N2O5/c1-3-6-21-14-8-12(7-13(9-14)16(18)19)15-11(4-5-17)10-20-2/h7-9,11,15,17H,3-6,10H2,1-2H3. The molecule has 1 atom stereocenters. The van der Waals surface area contributed by atoms with E-state index in [9.17, 15) is 10.1 Å². The number of rotatable bonds is 10. The topological polar surface area (TPSA) is 93.9 Å². The SMILES string of the molecule is CCCOc1cc(NC(CCO)COC)cc([N+](=O)[O-])c1. The average Bonchev–Trinajstić information content (AvgIpc) is 2.45. The van der Waals surface area contributed by atoms with Crippen molar-refractivity contribution in [2.45, 2.75) is 25.8 Å². The molecule has 0 saturated carbocycles. The van der Waals surface area contributed by atoms with Gasteiger partial charge in [-0.15, -0.1) is 0 Å². The fourth-order valence-electron chi connectivity index (χ4n) is 1.87. The number of nitro benzene ring substituents is 1. The van der Waals surface area contributed by atoms with Crippen LogP contribution in [0.25, 0.3) is 0 Å². The molecule has 1 aromatic rings. The summed E-state index contributed by atoms with van der Waals surface area (Å²) in [6.07, 6.45) is 1.31. The maximum atomic E-state index is 11.0. The lowest BCUT2D eigenvalue weighted by Gasteiger charge is -2.18. The van der Waals surface area contributed by atoms with Gasteiger partial charge >= 0.3 is 0 Å². The molecule has 0 aliphatic heterocycles. The summed E-state index contributed by atoms with van der Waals surface area (Å²) < 4.78 is 10.5. The Morgan fingerprint density at radius 2 is 2.19 bits per heavy atom. The predicted octanol–water partition coefficient (Wildman–Crippen LogP) is 2.19. The van der Waals surface area contributed by atoms with Gasteiger partial charge in [0.25, 0.3) is 5.69 Å². The summed E-state index contributed by atoms with van der Waals surface area (Å²) in [6.45, 7) is 2.87. The van der Waals surface area contributed by atoms with Gasteiger partial charge in [0, 0.05) is 31.5 Å². The Morgan fingerprint density at radius 1 is 1.43 bits per heavy atom. The molecule has 21 heavy (non-hydrogen) atoms. The maximum Gasteiger partial charge on any atom is 0.275 e. The van der Waals surface area contributed by atoms with Crippen molar-refractivity contribution < 1.29 is 19.5 Å². The number of aliphatic hydroxyl groups is 1. The number of hydrogen-bond donors (Lipinski definition) is 2. The van der Waals surface area contributed by atoms with Crippen LogP contribution < -0.4 is 10.1 Å². The molecule has 1 rings (SSSR count). The van der Waals surface area contributed by atoms with E-state index in [1.54, 1.807) is 13.2 Å². The molecule has 0 radical (unpaired) electrons. The van der Waals surface area contributed by atoms with Crippen LogP contribution in [0.4, 0.5) is 11.4 Å². The van der Waals surface area contributed by atoms with Crippen LogP contribution >= 0.6 is 0 Å². The van der Waals surface area contributed by atoms with Crippen LogP contribution in [0, 0.1) is 10.1 Å². The van der Waals surface area contributed by atoms with Gasteiger partial charge in [0.05, 0.1) is 30.2 Å². The molecular formula is C14H22N2O5. The number of hydrogen-bond acceptors (Lipinski definition) is 6. The fraction of sp³-hybridized carbons (Fsp3) is 0.571. The van der Waals surface area contributed by atoms with E-state index in [2.05, 4.69) is 5.32 Å². The number of benzene rings is 1. The van der Waals surface area contributed by atoms with E-state index in [-0.39, 0.29) is 18.3 Å². The molecule has 7 nitrogen and oxygen atoms in total. The van der Waals surface area contributed by atoms with Crippen molar-refractivity contribution in [1.29, 1.82) is 0 Å². The molecule has 1 aromatic carbocycles. The normalized spacial score (nSPS) is 12.0. The molecule has 0 spiro atoms. The van der Waals surface area contributed by atoms with Crippen LogP contribution in [0.2, 0.25) is 0 Å². The minimum Gasteiger partial charge on any atom is -0.493 e. The summed E-state index contributed by atoms with van der Waals surface area (Å²) in [7, 11) is 1.56. The van der Waals surface area contributed by atoms with Crippen LogP contribution in [-0.4, -0.2) is 43.0 Å². The average molecular weight is 298 g/mol. The highest BCUT2D eigenvalue weighted by atomic mass is 16.6. The van der Waals surface area contributed by atoms with Crippen molar-refractivity contribution in [3.8, 4) is 5.75 Å².